The minimum Gasteiger partial charge on any atom is -0.392 e. The number of hydrogen-bond acceptors (Lipinski definition) is 5. The second-order valence-corrected chi connectivity index (χ2v) is 7.72. The van der Waals surface area contributed by atoms with Crippen LogP contribution in [0, 0.1) is 11.6 Å². The summed E-state index contributed by atoms with van der Waals surface area (Å²) in [6.07, 6.45) is 1.36. The van der Waals surface area contributed by atoms with E-state index in [1.807, 2.05) is 5.10 Å². The average Bonchev–Trinajstić information content (AvgIpc) is 2.92. The van der Waals surface area contributed by atoms with Gasteiger partial charge in [-0.3, -0.25) is 0 Å². The van der Waals surface area contributed by atoms with Crippen LogP contribution in [0.1, 0.15) is 37.3 Å². The Hall–Kier alpha value is -2.07. The molecule has 10 heteroatoms. The topological polar surface area (TPSA) is 96.3 Å². The molecular weight excluding hydrogens is 356 g/mol. The first-order chi connectivity index (χ1) is 11.6. The van der Waals surface area contributed by atoms with Gasteiger partial charge in [0.25, 0.3) is 0 Å². The van der Waals surface area contributed by atoms with Gasteiger partial charge in [0.15, 0.2) is 0 Å². The number of H-pyrrole nitrogens is 1. The predicted octanol–water partition coefficient (Wildman–Crippen LogP) is 1.79. The number of halogens is 2. The van der Waals surface area contributed by atoms with Gasteiger partial charge in [-0.15, -0.1) is 5.10 Å². The monoisotopic (exact) mass is 375 g/mol. The Morgan fingerprint density at radius 3 is 2.40 bits per heavy atom. The number of benzene rings is 1. The first kappa shape index (κ1) is 19.3. The fourth-order valence-corrected chi connectivity index (χ4v) is 3.53. The van der Waals surface area contributed by atoms with E-state index in [0.29, 0.717) is 6.42 Å². The normalized spacial score (nSPS) is 13.4. The van der Waals surface area contributed by atoms with Gasteiger partial charge in [0.2, 0.25) is 15.9 Å². The fourth-order valence-electron chi connectivity index (χ4n) is 2.36. The average molecular weight is 375 g/mol. The summed E-state index contributed by atoms with van der Waals surface area (Å²) >= 11 is 0. The van der Waals surface area contributed by atoms with E-state index in [2.05, 4.69) is 9.52 Å². The fraction of sp³-hybridized carbons (Fsp3) is 0.467. The van der Waals surface area contributed by atoms with Crippen molar-refractivity contribution in [1.82, 2.24) is 14.5 Å². The van der Waals surface area contributed by atoms with Crippen molar-refractivity contribution in [3.63, 3.8) is 0 Å². The standard InChI is InChI=1S/C15H19F2N3O4S/c1-4-9(2)20(25(3,22)23)8-11-6-12(16)10(5-13(11)17)7-14-18-19-15(21)24-14/h5-6,9H,4,7-8H2,1-3H3,(H,19,21)/t9-/m0/s1. The molecule has 0 saturated heterocycles. The van der Waals surface area contributed by atoms with E-state index in [1.165, 1.54) is 0 Å². The molecule has 1 aromatic heterocycles. The first-order valence-corrected chi connectivity index (χ1v) is 9.44. The Labute approximate surface area is 143 Å². The molecule has 1 heterocycles. The number of rotatable bonds is 7. The van der Waals surface area contributed by atoms with Gasteiger partial charge in [0.05, 0.1) is 12.7 Å². The molecule has 1 N–H and O–H groups in total. The highest BCUT2D eigenvalue weighted by Crippen LogP contribution is 2.21. The lowest BCUT2D eigenvalue weighted by molar-refractivity contribution is 0.320. The maximum absolute atomic E-state index is 14.3. The molecule has 0 saturated carbocycles. The highest BCUT2D eigenvalue weighted by molar-refractivity contribution is 7.88. The van der Waals surface area contributed by atoms with Crippen molar-refractivity contribution in [3.8, 4) is 0 Å². The zero-order valence-electron chi connectivity index (χ0n) is 14.0. The van der Waals surface area contributed by atoms with Crippen LogP contribution in [0.2, 0.25) is 0 Å². The highest BCUT2D eigenvalue weighted by Gasteiger charge is 2.24. The third kappa shape index (κ3) is 4.73. The van der Waals surface area contributed by atoms with E-state index in [9.17, 15) is 22.0 Å². The summed E-state index contributed by atoms with van der Waals surface area (Å²) in [5, 5.41) is 5.57. The molecule has 0 aliphatic heterocycles. The van der Waals surface area contributed by atoms with Crippen LogP contribution >= 0.6 is 0 Å². The van der Waals surface area contributed by atoms with Gasteiger partial charge in [-0.25, -0.2) is 27.1 Å². The molecule has 25 heavy (non-hydrogen) atoms. The lowest BCUT2D eigenvalue weighted by atomic mass is 10.1. The molecule has 0 amide bonds. The number of sulfonamides is 1. The minimum atomic E-state index is -3.58. The zero-order chi connectivity index (χ0) is 18.8. The Bertz CT molecular complexity index is 908. The van der Waals surface area contributed by atoms with Gasteiger partial charge >= 0.3 is 5.76 Å². The lowest BCUT2D eigenvalue weighted by Crippen LogP contribution is -2.37. The van der Waals surface area contributed by atoms with Crippen molar-refractivity contribution in [3.05, 3.63) is 51.3 Å². The van der Waals surface area contributed by atoms with Gasteiger partial charge in [0, 0.05) is 23.7 Å². The van der Waals surface area contributed by atoms with E-state index < -0.39 is 27.4 Å². The summed E-state index contributed by atoms with van der Waals surface area (Å²) in [7, 11) is -3.58. The van der Waals surface area contributed by atoms with Crippen molar-refractivity contribution in [2.24, 2.45) is 0 Å². The molecule has 0 fully saturated rings. The summed E-state index contributed by atoms with van der Waals surface area (Å²) in [5.41, 5.74) is -0.124. The third-order valence-electron chi connectivity index (χ3n) is 3.87. The van der Waals surface area contributed by atoms with Crippen LogP contribution in [0.4, 0.5) is 8.78 Å². The second-order valence-electron chi connectivity index (χ2n) is 5.78. The van der Waals surface area contributed by atoms with E-state index in [0.717, 1.165) is 22.7 Å². The third-order valence-corrected chi connectivity index (χ3v) is 5.22. The van der Waals surface area contributed by atoms with E-state index in [1.54, 1.807) is 13.8 Å². The summed E-state index contributed by atoms with van der Waals surface area (Å²) < 4.78 is 58.2. The Kier molecular flexibility index (Phi) is 5.73. The van der Waals surface area contributed by atoms with Gasteiger partial charge in [-0.1, -0.05) is 6.92 Å². The first-order valence-electron chi connectivity index (χ1n) is 7.59. The molecule has 0 aliphatic carbocycles. The molecule has 1 aromatic carbocycles. The van der Waals surface area contributed by atoms with Gasteiger partial charge in [0.1, 0.15) is 11.6 Å². The van der Waals surface area contributed by atoms with E-state index >= 15 is 0 Å². The SMILES string of the molecule is CC[C@H](C)N(Cc1cc(F)c(Cc2n[nH]c(=O)o2)cc1F)S(C)(=O)=O. The number of hydrogen-bond donors (Lipinski definition) is 1. The van der Waals surface area contributed by atoms with E-state index in [-0.39, 0.29) is 36.0 Å². The van der Waals surface area contributed by atoms with Crippen LogP contribution in [0.15, 0.2) is 21.3 Å². The maximum atomic E-state index is 14.3. The molecular formula is C15H19F2N3O4S. The van der Waals surface area contributed by atoms with E-state index in [4.69, 9.17) is 0 Å². The van der Waals surface area contributed by atoms with Crippen LogP contribution in [0.25, 0.3) is 0 Å². The van der Waals surface area contributed by atoms with Gasteiger partial charge < -0.3 is 4.42 Å². The summed E-state index contributed by atoms with van der Waals surface area (Å²) in [5.74, 6) is -2.34. The second kappa shape index (κ2) is 7.44. The van der Waals surface area contributed by atoms with Crippen molar-refractivity contribution in [2.45, 2.75) is 39.3 Å². The number of nitrogens with one attached hydrogen (secondary N) is 1. The van der Waals surface area contributed by atoms with Crippen molar-refractivity contribution >= 4 is 10.0 Å². The Morgan fingerprint density at radius 2 is 1.88 bits per heavy atom. The largest absolute Gasteiger partial charge is 0.434 e. The van der Waals surface area contributed by atoms with Crippen molar-refractivity contribution in [1.29, 1.82) is 0 Å². The molecule has 2 rings (SSSR count). The summed E-state index contributed by atoms with van der Waals surface area (Å²) in [6.45, 7) is 3.23. The molecule has 1 atom stereocenters. The predicted molar refractivity (Wildman–Crippen MR) is 86.4 cm³/mol. The zero-order valence-corrected chi connectivity index (χ0v) is 14.9. The van der Waals surface area contributed by atoms with Gasteiger partial charge in [-0.2, -0.15) is 4.31 Å². The van der Waals surface area contributed by atoms with Crippen LogP contribution < -0.4 is 5.76 Å². The quantitative estimate of drug-likeness (QED) is 0.796. The molecule has 0 bridgehead atoms. The number of aromatic amines is 1. The molecule has 0 spiro atoms. The summed E-state index contributed by atoms with van der Waals surface area (Å²) in [4.78, 5) is 10.9. The lowest BCUT2D eigenvalue weighted by Gasteiger charge is -2.26. The number of nitrogens with zero attached hydrogens (tertiary/aromatic N) is 2. The molecule has 0 aliphatic rings. The molecule has 0 radical (unpaired) electrons. The smallest absolute Gasteiger partial charge is 0.392 e. The van der Waals surface area contributed by atoms with Crippen LogP contribution in [0.5, 0.6) is 0 Å². The Balaban J connectivity index is 2.31. The van der Waals surface area contributed by atoms with Crippen LogP contribution in [-0.2, 0) is 23.0 Å². The molecule has 0 unspecified atom stereocenters. The molecule has 138 valence electrons. The summed E-state index contributed by atoms with van der Waals surface area (Å²) in [6, 6.07) is 1.56. The van der Waals surface area contributed by atoms with Crippen molar-refractivity contribution < 1.29 is 21.6 Å². The minimum absolute atomic E-state index is 0.0501. The molecule has 2 aromatic rings. The van der Waals surface area contributed by atoms with Gasteiger partial charge in [-0.05, 0) is 25.5 Å². The Morgan fingerprint density at radius 1 is 1.28 bits per heavy atom. The number of aromatic nitrogens is 2. The van der Waals surface area contributed by atoms with Crippen LogP contribution in [-0.4, -0.2) is 35.2 Å². The van der Waals surface area contributed by atoms with Crippen molar-refractivity contribution in [2.75, 3.05) is 6.26 Å². The van der Waals surface area contributed by atoms with Crippen LogP contribution in [0.3, 0.4) is 0 Å². The molecule has 7 nitrogen and oxygen atoms in total. The maximum Gasteiger partial charge on any atom is 0.434 e. The highest BCUT2D eigenvalue weighted by atomic mass is 32.2.